The molecule has 2 heterocycles. The van der Waals surface area contributed by atoms with E-state index in [0.29, 0.717) is 6.04 Å². The highest BCUT2D eigenvalue weighted by Crippen LogP contribution is 2.27. The normalized spacial score (nSPS) is 24.4. The number of benzene rings is 1. The number of ketones is 1. The van der Waals surface area contributed by atoms with Crippen molar-refractivity contribution >= 4 is 5.78 Å². The molecule has 3 rings (SSSR count). The van der Waals surface area contributed by atoms with Gasteiger partial charge < -0.3 is 5.32 Å². The van der Waals surface area contributed by atoms with Crippen LogP contribution in [0.2, 0.25) is 0 Å². The van der Waals surface area contributed by atoms with Gasteiger partial charge in [0.05, 0.1) is 11.6 Å². The Balaban J connectivity index is 1.79. The third-order valence-corrected chi connectivity index (χ3v) is 4.57. The number of halogens is 2. The van der Waals surface area contributed by atoms with Gasteiger partial charge in [0.25, 0.3) is 0 Å². The van der Waals surface area contributed by atoms with Crippen molar-refractivity contribution in [2.45, 2.75) is 37.8 Å². The van der Waals surface area contributed by atoms with Gasteiger partial charge in [0.1, 0.15) is 11.6 Å². The molecule has 2 saturated heterocycles. The molecule has 5 heteroatoms. The average Bonchev–Trinajstić information content (AvgIpc) is 2.97. The van der Waals surface area contributed by atoms with Gasteiger partial charge in [-0.05, 0) is 57.5 Å². The van der Waals surface area contributed by atoms with E-state index in [2.05, 4.69) is 10.2 Å². The number of hydrogen-bond acceptors (Lipinski definition) is 3. The van der Waals surface area contributed by atoms with Crippen LogP contribution in [0, 0.1) is 11.6 Å². The Hall–Kier alpha value is -1.33. The van der Waals surface area contributed by atoms with Crippen LogP contribution in [0.5, 0.6) is 0 Å². The molecule has 3 nitrogen and oxygen atoms in total. The fourth-order valence-corrected chi connectivity index (χ4v) is 3.51. The van der Waals surface area contributed by atoms with E-state index < -0.39 is 11.6 Å². The summed E-state index contributed by atoms with van der Waals surface area (Å²) in [5.41, 5.74) is 0.0160. The van der Waals surface area contributed by atoms with E-state index >= 15 is 0 Å². The van der Waals surface area contributed by atoms with Gasteiger partial charge in [-0.1, -0.05) is 0 Å². The van der Waals surface area contributed by atoms with Crippen molar-refractivity contribution in [3.8, 4) is 0 Å². The quantitative estimate of drug-likeness (QED) is 0.869. The third kappa shape index (κ3) is 2.99. The number of nitrogens with zero attached hydrogens (tertiary/aromatic N) is 1. The Bertz CT molecular complexity index is 529. The van der Waals surface area contributed by atoms with Gasteiger partial charge in [-0.3, -0.25) is 9.69 Å². The number of Topliss-reactive ketones (excluding diaryl/α,β-unsaturated/α-hetero) is 1. The molecule has 2 fully saturated rings. The fraction of sp³-hybridized carbons (Fsp3) is 0.562. The van der Waals surface area contributed by atoms with Crippen molar-refractivity contribution in [2.24, 2.45) is 0 Å². The maximum Gasteiger partial charge on any atom is 0.182 e. The van der Waals surface area contributed by atoms with E-state index in [1.165, 1.54) is 6.07 Å². The van der Waals surface area contributed by atoms with E-state index in [0.717, 1.165) is 57.5 Å². The summed E-state index contributed by atoms with van der Waals surface area (Å²) in [5.74, 6) is -1.61. The molecule has 1 aromatic carbocycles. The average molecular weight is 294 g/mol. The van der Waals surface area contributed by atoms with Gasteiger partial charge in [-0.15, -0.1) is 0 Å². The van der Waals surface area contributed by atoms with Crippen molar-refractivity contribution in [1.82, 2.24) is 10.2 Å². The Labute approximate surface area is 123 Å². The van der Waals surface area contributed by atoms with Crippen molar-refractivity contribution in [1.29, 1.82) is 0 Å². The van der Waals surface area contributed by atoms with Crippen LogP contribution < -0.4 is 5.32 Å². The van der Waals surface area contributed by atoms with Crippen molar-refractivity contribution < 1.29 is 13.6 Å². The van der Waals surface area contributed by atoms with Gasteiger partial charge in [0.15, 0.2) is 5.78 Å². The second kappa shape index (κ2) is 6.20. The molecule has 0 radical (unpaired) electrons. The zero-order valence-corrected chi connectivity index (χ0v) is 11.9. The Kier molecular flexibility index (Phi) is 4.31. The molecule has 2 aliphatic heterocycles. The smallest absolute Gasteiger partial charge is 0.182 e. The maximum absolute atomic E-state index is 13.8. The largest absolute Gasteiger partial charge is 0.317 e. The molecule has 1 aromatic rings. The summed E-state index contributed by atoms with van der Waals surface area (Å²) < 4.78 is 26.8. The van der Waals surface area contributed by atoms with E-state index in [9.17, 15) is 13.6 Å². The van der Waals surface area contributed by atoms with Gasteiger partial charge in [-0.2, -0.15) is 0 Å². The highest BCUT2D eigenvalue weighted by Gasteiger charge is 2.36. The van der Waals surface area contributed by atoms with Gasteiger partial charge in [0, 0.05) is 12.1 Å². The first kappa shape index (κ1) is 14.6. The summed E-state index contributed by atoms with van der Waals surface area (Å²) in [7, 11) is 0. The number of nitrogens with one attached hydrogen (secondary N) is 1. The first-order valence-electron chi connectivity index (χ1n) is 7.62. The number of hydrogen-bond donors (Lipinski definition) is 1. The topological polar surface area (TPSA) is 32.3 Å². The molecule has 2 aliphatic rings. The lowest BCUT2D eigenvalue weighted by Gasteiger charge is -2.35. The molecule has 0 bridgehead atoms. The standard InChI is InChI=1S/C16H20F2N2O/c17-11-3-4-13(14(18)10-11)16(21)15-2-1-9-20(15)12-5-7-19-8-6-12/h3-4,10,12,15,19H,1-2,5-9H2. The second-order valence-corrected chi connectivity index (χ2v) is 5.87. The monoisotopic (exact) mass is 294 g/mol. The number of piperidine rings is 1. The fourth-order valence-electron chi connectivity index (χ4n) is 3.51. The zero-order chi connectivity index (χ0) is 14.8. The summed E-state index contributed by atoms with van der Waals surface area (Å²) in [4.78, 5) is 14.8. The summed E-state index contributed by atoms with van der Waals surface area (Å²) in [6, 6.07) is 3.35. The zero-order valence-electron chi connectivity index (χ0n) is 11.9. The Morgan fingerprint density at radius 1 is 1.19 bits per heavy atom. The molecule has 21 heavy (non-hydrogen) atoms. The lowest BCUT2D eigenvalue weighted by molar-refractivity contribution is 0.0779. The Morgan fingerprint density at radius 2 is 1.95 bits per heavy atom. The first-order valence-corrected chi connectivity index (χ1v) is 7.62. The molecule has 1 unspecified atom stereocenters. The third-order valence-electron chi connectivity index (χ3n) is 4.57. The molecule has 0 aromatic heterocycles. The molecule has 0 spiro atoms. The van der Waals surface area contributed by atoms with Crippen LogP contribution in [-0.4, -0.2) is 42.4 Å². The predicted octanol–water partition coefficient (Wildman–Crippen LogP) is 2.36. The summed E-state index contributed by atoms with van der Waals surface area (Å²) >= 11 is 0. The second-order valence-electron chi connectivity index (χ2n) is 5.87. The van der Waals surface area contributed by atoms with Crippen LogP contribution in [0.3, 0.4) is 0 Å². The highest BCUT2D eigenvalue weighted by atomic mass is 19.1. The van der Waals surface area contributed by atoms with Crippen molar-refractivity contribution in [3.63, 3.8) is 0 Å². The van der Waals surface area contributed by atoms with Crippen LogP contribution in [0.1, 0.15) is 36.0 Å². The minimum absolute atomic E-state index is 0.0160. The van der Waals surface area contributed by atoms with Crippen LogP contribution in [0.25, 0.3) is 0 Å². The summed E-state index contributed by atoms with van der Waals surface area (Å²) in [5, 5.41) is 3.32. The van der Waals surface area contributed by atoms with E-state index in [4.69, 9.17) is 0 Å². The number of carbonyl (C=O) groups excluding carboxylic acids is 1. The van der Waals surface area contributed by atoms with Gasteiger partial charge >= 0.3 is 0 Å². The predicted molar refractivity (Wildman–Crippen MR) is 76.3 cm³/mol. The SMILES string of the molecule is O=C(c1ccc(F)cc1F)C1CCCN1C1CCNCC1. The lowest BCUT2D eigenvalue weighted by atomic mass is 9.98. The minimum atomic E-state index is -0.753. The molecule has 0 aliphatic carbocycles. The van der Waals surface area contributed by atoms with Crippen LogP contribution in [0.15, 0.2) is 18.2 Å². The molecular formula is C16H20F2N2O. The molecule has 1 N–H and O–H groups in total. The van der Waals surface area contributed by atoms with Gasteiger partial charge in [-0.25, -0.2) is 8.78 Å². The van der Waals surface area contributed by atoms with E-state index in [1.54, 1.807) is 0 Å². The van der Waals surface area contributed by atoms with Crippen LogP contribution in [0.4, 0.5) is 8.78 Å². The summed E-state index contributed by atoms with van der Waals surface area (Å²) in [6.07, 6.45) is 3.77. The lowest BCUT2D eigenvalue weighted by Crippen LogP contribution is -2.48. The highest BCUT2D eigenvalue weighted by molar-refractivity contribution is 6.00. The first-order chi connectivity index (χ1) is 10.2. The summed E-state index contributed by atoms with van der Waals surface area (Å²) in [6.45, 7) is 2.82. The minimum Gasteiger partial charge on any atom is -0.317 e. The number of rotatable bonds is 3. The van der Waals surface area contributed by atoms with Crippen LogP contribution in [-0.2, 0) is 0 Å². The number of carbonyl (C=O) groups is 1. The maximum atomic E-state index is 13.8. The Morgan fingerprint density at radius 3 is 2.67 bits per heavy atom. The molecule has 1 atom stereocenters. The van der Waals surface area contributed by atoms with Crippen molar-refractivity contribution in [2.75, 3.05) is 19.6 Å². The van der Waals surface area contributed by atoms with E-state index in [-0.39, 0.29) is 17.4 Å². The van der Waals surface area contributed by atoms with Crippen molar-refractivity contribution in [3.05, 3.63) is 35.4 Å². The number of likely N-dealkylation sites (tertiary alicyclic amines) is 1. The molecule has 0 saturated carbocycles. The molecule has 114 valence electrons. The van der Waals surface area contributed by atoms with Gasteiger partial charge in [0.2, 0.25) is 0 Å². The molecule has 0 amide bonds. The van der Waals surface area contributed by atoms with Crippen LogP contribution >= 0.6 is 0 Å². The van der Waals surface area contributed by atoms with E-state index in [1.807, 2.05) is 0 Å². The molecular weight excluding hydrogens is 274 g/mol.